The van der Waals surface area contributed by atoms with Gasteiger partial charge in [0.15, 0.2) is 0 Å². The number of nitrogens with zero attached hydrogens (tertiary/aromatic N) is 2. The molecule has 1 aromatic carbocycles. The number of ether oxygens (including phenoxy) is 1. The number of hydrogen-bond acceptors (Lipinski definition) is 2. The molecule has 0 N–H and O–H groups in total. The Morgan fingerprint density at radius 1 is 1.37 bits per heavy atom. The summed E-state index contributed by atoms with van der Waals surface area (Å²) in [6.07, 6.45) is 3.88. The van der Waals surface area contributed by atoms with Gasteiger partial charge in [-0.2, -0.15) is 5.10 Å². The standard InChI is InChI=1S/C15H19BrN2O/c1-4-18-9-12(8-17-18)10-19-15-6-5-13(16)7-14(15)11(2)3/h5-9,11H,4,10H2,1-3H3. The lowest BCUT2D eigenvalue weighted by Gasteiger charge is -2.14. The summed E-state index contributed by atoms with van der Waals surface area (Å²) in [4.78, 5) is 0. The molecule has 4 heteroatoms. The highest BCUT2D eigenvalue weighted by atomic mass is 79.9. The van der Waals surface area contributed by atoms with Crippen molar-refractivity contribution < 1.29 is 4.74 Å². The van der Waals surface area contributed by atoms with Gasteiger partial charge >= 0.3 is 0 Å². The van der Waals surface area contributed by atoms with Gasteiger partial charge in [-0.25, -0.2) is 0 Å². The zero-order valence-corrected chi connectivity index (χ0v) is 13.1. The summed E-state index contributed by atoms with van der Waals surface area (Å²) in [5, 5.41) is 4.25. The Labute approximate surface area is 122 Å². The summed E-state index contributed by atoms with van der Waals surface area (Å²) >= 11 is 3.50. The third-order valence-electron chi connectivity index (χ3n) is 3.00. The number of rotatable bonds is 5. The highest BCUT2D eigenvalue weighted by Gasteiger charge is 2.09. The molecule has 0 saturated carbocycles. The molecule has 2 rings (SSSR count). The molecule has 0 amide bonds. The van der Waals surface area contributed by atoms with E-state index >= 15 is 0 Å². The largest absolute Gasteiger partial charge is 0.488 e. The molecule has 0 aliphatic rings. The second-order valence-corrected chi connectivity index (χ2v) is 5.75. The number of halogens is 1. The molecule has 0 aliphatic carbocycles. The fraction of sp³-hybridized carbons (Fsp3) is 0.400. The van der Waals surface area contributed by atoms with Crippen molar-refractivity contribution in [1.82, 2.24) is 9.78 Å². The average Bonchev–Trinajstić information content (AvgIpc) is 2.85. The summed E-state index contributed by atoms with van der Waals surface area (Å²) in [6, 6.07) is 6.15. The van der Waals surface area contributed by atoms with E-state index in [1.165, 1.54) is 5.56 Å². The molecule has 0 saturated heterocycles. The third-order valence-corrected chi connectivity index (χ3v) is 3.49. The second-order valence-electron chi connectivity index (χ2n) is 4.83. The topological polar surface area (TPSA) is 27.1 Å². The Morgan fingerprint density at radius 3 is 2.79 bits per heavy atom. The number of aromatic nitrogens is 2. The van der Waals surface area contributed by atoms with Crippen molar-refractivity contribution in [3.05, 3.63) is 46.2 Å². The minimum absolute atomic E-state index is 0.436. The predicted molar refractivity (Wildman–Crippen MR) is 80.5 cm³/mol. The van der Waals surface area contributed by atoms with Crippen LogP contribution in [0.25, 0.3) is 0 Å². The van der Waals surface area contributed by atoms with Gasteiger partial charge in [-0.1, -0.05) is 29.8 Å². The van der Waals surface area contributed by atoms with E-state index in [-0.39, 0.29) is 0 Å². The molecular weight excluding hydrogens is 304 g/mol. The van der Waals surface area contributed by atoms with Crippen LogP contribution in [0, 0.1) is 0 Å². The Kier molecular flexibility index (Phi) is 4.64. The first-order valence-corrected chi connectivity index (χ1v) is 7.33. The average molecular weight is 323 g/mol. The number of hydrogen-bond donors (Lipinski definition) is 0. The predicted octanol–water partition coefficient (Wildman–Crippen LogP) is 4.37. The SMILES string of the molecule is CCn1cc(COc2ccc(Br)cc2C(C)C)cn1. The van der Waals surface area contributed by atoms with Gasteiger partial charge in [0, 0.05) is 22.8 Å². The first-order valence-electron chi connectivity index (χ1n) is 6.53. The maximum Gasteiger partial charge on any atom is 0.123 e. The van der Waals surface area contributed by atoms with E-state index in [1.54, 1.807) is 0 Å². The molecule has 19 heavy (non-hydrogen) atoms. The molecule has 3 nitrogen and oxygen atoms in total. The Morgan fingerprint density at radius 2 is 2.16 bits per heavy atom. The van der Waals surface area contributed by atoms with Crippen LogP contribution in [0.3, 0.4) is 0 Å². The van der Waals surface area contributed by atoms with Crippen LogP contribution in [-0.4, -0.2) is 9.78 Å². The first-order chi connectivity index (χ1) is 9.10. The molecule has 0 fully saturated rings. The van der Waals surface area contributed by atoms with Gasteiger partial charge in [-0.3, -0.25) is 4.68 Å². The smallest absolute Gasteiger partial charge is 0.123 e. The molecule has 0 radical (unpaired) electrons. The summed E-state index contributed by atoms with van der Waals surface area (Å²) in [7, 11) is 0. The summed E-state index contributed by atoms with van der Waals surface area (Å²) in [6.45, 7) is 7.85. The molecule has 1 aromatic heterocycles. The Hall–Kier alpha value is -1.29. The lowest BCUT2D eigenvalue weighted by molar-refractivity contribution is 0.301. The highest BCUT2D eigenvalue weighted by molar-refractivity contribution is 9.10. The van der Waals surface area contributed by atoms with Crippen LogP contribution in [0.15, 0.2) is 35.1 Å². The van der Waals surface area contributed by atoms with E-state index in [9.17, 15) is 0 Å². The van der Waals surface area contributed by atoms with Gasteiger partial charge in [0.25, 0.3) is 0 Å². The van der Waals surface area contributed by atoms with Gasteiger partial charge < -0.3 is 4.74 Å². The van der Waals surface area contributed by atoms with E-state index in [1.807, 2.05) is 29.2 Å². The van der Waals surface area contributed by atoms with Crippen LogP contribution in [0.1, 0.15) is 37.8 Å². The van der Waals surface area contributed by atoms with Gasteiger partial charge in [0.2, 0.25) is 0 Å². The molecule has 0 bridgehead atoms. The van der Waals surface area contributed by atoms with E-state index in [4.69, 9.17) is 4.74 Å². The van der Waals surface area contributed by atoms with Crippen molar-refractivity contribution in [2.45, 2.75) is 39.8 Å². The van der Waals surface area contributed by atoms with Gasteiger partial charge in [0.1, 0.15) is 12.4 Å². The molecule has 1 heterocycles. The minimum atomic E-state index is 0.436. The minimum Gasteiger partial charge on any atom is -0.488 e. The zero-order chi connectivity index (χ0) is 13.8. The monoisotopic (exact) mass is 322 g/mol. The van der Waals surface area contributed by atoms with E-state index in [0.29, 0.717) is 12.5 Å². The van der Waals surface area contributed by atoms with Crippen molar-refractivity contribution in [1.29, 1.82) is 0 Å². The molecule has 0 unspecified atom stereocenters. The molecule has 2 aromatic rings. The summed E-state index contributed by atoms with van der Waals surface area (Å²) in [5.41, 5.74) is 2.32. The number of benzene rings is 1. The van der Waals surface area contributed by atoms with Crippen molar-refractivity contribution in [2.75, 3.05) is 0 Å². The van der Waals surface area contributed by atoms with E-state index < -0.39 is 0 Å². The van der Waals surface area contributed by atoms with Crippen LogP contribution < -0.4 is 4.74 Å². The van der Waals surface area contributed by atoms with Gasteiger partial charge in [-0.05, 0) is 36.6 Å². The molecule has 102 valence electrons. The van der Waals surface area contributed by atoms with Gasteiger partial charge in [0.05, 0.1) is 6.20 Å². The quantitative estimate of drug-likeness (QED) is 0.817. The maximum atomic E-state index is 5.92. The van der Waals surface area contributed by atoms with Crippen molar-refractivity contribution >= 4 is 15.9 Å². The number of aryl methyl sites for hydroxylation is 1. The van der Waals surface area contributed by atoms with E-state index in [0.717, 1.165) is 22.3 Å². The Balaban J connectivity index is 2.10. The maximum absolute atomic E-state index is 5.92. The van der Waals surface area contributed by atoms with Crippen molar-refractivity contribution in [2.24, 2.45) is 0 Å². The molecule has 0 spiro atoms. The highest BCUT2D eigenvalue weighted by Crippen LogP contribution is 2.30. The molecular formula is C15H19BrN2O. The van der Waals surface area contributed by atoms with Crippen LogP contribution in [0.2, 0.25) is 0 Å². The summed E-state index contributed by atoms with van der Waals surface area (Å²) in [5.74, 6) is 1.38. The normalized spacial score (nSPS) is 11.0. The Bertz CT molecular complexity index is 549. The van der Waals surface area contributed by atoms with Crippen LogP contribution >= 0.6 is 15.9 Å². The fourth-order valence-electron chi connectivity index (χ4n) is 1.92. The zero-order valence-electron chi connectivity index (χ0n) is 11.6. The van der Waals surface area contributed by atoms with E-state index in [2.05, 4.69) is 47.9 Å². The van der Waals surface area contributed by atoms with Crippen LogP contribution in [0.4, 0.5) is 0 Å². The van der Waals surface area contributed by atoms with Crippen molar-refractivity contribution in [3.63, 3.8) is 0 Å². The molecule has 0 aliphatic heterocycles. The lowest BCUT2D eigenvalue weighted by atomic mass is 10.0. The van der Waals surface area contributed by atoms with Crippen molar-refractivity contribution in [3.8, 4) is 5.75 Å². The van der Waals surface area contributed by atoms with Crippen LogP contribution in [-0.2, 0) is 13.2 Å². The van der Waals surface area contributed by atoms with Crippen LogP contribution in [0.5, 0.6) is 5.75 Å². The first kappa shape index (κ1) is 14.1. The molecule has 0 atom stereocenters. The lowest BCUT2D eigenvalue weighted by Crippen LogP contribution is -1.99. The summed E-state index contributed by atoms with van der Waals surface area (Å²) < 4.78 is 8.92. The second kappa shape index (κ2) is 6.24. The fourth-order valence-corrected chi connectivity index (χ4v) is 2.30. The van der Waals surface area contributed by atoms with Gasteiger partial charge in [-0.15, -0.1) is 0 Å². The third kappa shape index (κ3) is 3.60.